The van der Waals surface area contributed by atoms with E-state index in [0.717, 1.165) is 11.0 Å². The van der Waals surface area contributed by atoms with Gasteiger partial charge in [0.15, 0.2) is 0 Å². The molecule has 2 nitrogen and oxygen atoms in total. The van der Waals surface area contributed by atoms with Gasteiger partial charge in [0, 0.05) is 10.8 Å². The summed E-state index contributed by atoms with van der Waals surface area (Å²) in [7, 11) is 0. The summed E-state index contributed by atoms with van der Waals surface area (Å²) in [5.41, 5.74) is 3.37. The highest BCUT2D eigenvalue weighted by Crippen LogP contribution is 2.23. The smallest absolute Gasteiger partial charge is 0.0934 e. The minimum atomic E-state index is 1.05. The second-order valence-electron chi connectivity index (χ2n) is 4.21. The molecule has 2 heteroatoms. The lowest BCUT2D eigenvalue weighted by Crippen LogP contribution is -1.88. The molecule has 0 fully saturated rings. The van der Waals surface area contributed by atoms with Crippen LogP contribution in [0.3, 0.4) is 0 Å². The summed E-state index contributed by atoms with van der Waals surface area (Å²) >= 11 is 0. The summed E-state index contributed by atoms with van der Waals surface area (Å²) in [6.07, 6.45) is 0. The van der Waals surface area contributed by atoms with E-state index in [1.807, 2.05) is 16.6 Å². The highest BCUT2D eigenvalue weighted by atomic mass is 15.2. The van der Waals surface area contributed by atoms with Gasteiger partial charge < -0.3 is 0 Å². The van der Waals surface area contributed by atoms with Gasteiger partial charge in [-0.05, 0) is 18.2 Å². The Morgan fingerprint density at radius 2 is 1.53 bits per heavy atom. The monoisotopic (exact) mass is 218 g/mol. The molecule has 80 valence electrons. The van der Waals surface area contributed by atoms with Crippen molar-refractivity contribution >= 4 is 27.3 Å². The molecule has 2 aromatic heterocycles. The first-order chi connectivity index (χ1) is 8.43. The largest absolute Gasteiger partial charge is 0.232 e. The van der Waals surface area contributed by atoms with Gasteiger partial charge in [-0.25, -0.2) is 4.52 Å². The predicted octanol–water partition coefficient (Wildman–Crippen LogP) is 3.64. The number of hydrogen-bond donors (Lipinski definition) is 0. The van der Waals surface area contributed by atoms with Crippen LogP contribution in [0.2, 0.25) is 0 Å². The van der Waals surface area contributed by atoms with E-state index >= 15 is 0 Å². The summed E-state index contributed by atoms with van der Waals surface area (Å²) < 4.78 is 2.03. The first-order valence-electron chi connectivity index (χ1n) is 5.69. The topological polar surface area (TPSA) is 17.3 Å². The van der Waals surface area contributed by atoms with Crippen molar-refractivity contribution in [1.82, 2.24) is 9.61 Å². The average molecular weight is 218 g/mol. The minimum Gasteiger partial charge on any atom is -0.232 e. The van der Waals surface area contributed by atoms with Gasteiger partial charge in [0.25, 0.3) is 0 Å². The van der Waals surface area contributed by atoms with Crippen molar-refractivity contribution in [1.29, 1.82) is 0 Å². The number of pyridine rings is 1. The third kappa shape index (κ3) is 1.12. The fourth-order valence-electron chi connectivity index (χ4n) is 2.39. The molecule has 0 bridgehead atoms. The van der Waals surface area contributed by atoms with Gasteiger partial charge in [0.05, 0.1) is 16.6 Å². The number of hydrogen-bond acceptors (Lipinski definition) is 1. The number of rotatable bonds is 0. The Balaban J connectivity index is 2.34. The van der Waals surface area contributed by atoms with Crippen molar-refractivity contribution in [3.05, 3.63) is 60.7 Å². The molecule has 4 rings (SSSR count). The van der Waals surface area contributed by atoms with E-state index in [-0.39, 0.29) is 0 Å². The fraction of sp³-hybridized carbons (Fsp3) is 0. The standard InChI is InChI=1S/C15H10N2/c1-4-8-14-11(5-1)9-10-15-12-6-2-3-7-13(12)16-17(14)15/h1-10H. The third-order valence-electron chi connectivity index (χ3n) is 3.20. The van der Waals surface area contributed by atoms with Crippen LogP contribution in [0.15, 0.2) is 60.7 Å². The normalized spacial score (nSPS) is 11.5. The van der Waals surface area contributed by atoms with Gasteiger partial charge in [-0.15, -0.1) is 0 Å². The maximum absolute atomic E-state index is 4.66. The molecule has 0 spiro atoms. The van der Waals surface area contributed by atoms with E-state index in [1.54, 1.807) is 0 Å². The Hall–Kier alpha value is -2.35. The summed E-state index contributed by atoms with van der Waals surface area (Å²) in [6.45, 7) is 0. The molecule has 0 atom stereocenters. The molecular formula is C15H10N2. The van der Waals surface area contributed by atoms with Gasteiger partial charge in [-0.1, -0.05) is 42.5 Å². The second kappa shape index (κ2) is 3.08. The van der Waals surface area contributed by atoms with Crippen LogP contribution in [0.25, 0.3) is 27.3 Å². The lowest BCUT2D eigenvalue weighted by atomic mass is 10.2. The molecule has 0 saturated carbocycles. The van der Waals surface area contributed by atoms with Gasteiger partial charge >= 0.3 is 0 Å². The zero-order valence-electron chi connectivity index (χ0n) is 9.17. The summed E-state index contributed by atoms with van der Waals surface area (Å²) in [6, 6.07) is 20.9. The summed E-state index contributed by atoms with van der Waals surface area (Å²) in [5, 5.41) is 7.08. The van der Waals surface area contributed by atoms with E-state index in [2.05, 4.69) is 53.6 Å². The van der Waals surface area contributed by atoms with Crippen molar-refractivity contribution < 1.29 is 0 Å². The number of aromatic nitrogens is 2. The minimum absolute atomic E-state index is 1.05. The van der Waals surface area contributed by atoms with Crippen LogP contribution in [0, 0.1) is 0 Å². The number of nitrogens with zero attached hydrogens (tertiary/aromatic N) is 2. The number of fused-ring (bicyclic) bond motifs is 5. The molecule has 17 heavy (non-hydrogen) atoms. The third-order valence-corrected chi connectivity index (χ3v) is 3.20. The molecule has 2 aromatic carbocycles. The van der Waals surface area contributed by atoms with Crippen molar-refractivity contribution in [2.75, 3.05) is 0 Å². The van der Waals surface area contributed by atoms with E-state index in [9.17, 15) is 0 Å². The number of para-hydroxylation sites is 1. The molecule has 4 aromatic rings. The number of benzene rings is 2. The zero-order valence-corrected chi connectivity index (χ0v) is 9.17. The maximum Gasteiger partial charge on any atom is 0.0934 e. The molecular weight excluding hydrogens is 208 g/mol. The van der Waals surface area contributed by atoms with Gasteiger partial charge in [-0.2, -0.15) is 5.10 Å². The van der Waals surface area contributed by atoms with Crippen LogP contribution in [0.4, 0.5) is 0 Å². The van der Waals surface area contributed by atoms with Crippen LogP contribution in [0.5, 0.6) is 0 Å². The molecule has 0 aliphatic heterocycles. The molecule has 2 heterocycles. The fourth-order valence-corrected chi connectivity index (χ4v) is 2.39. The summed E-state index contributed by atoms with van der Waals surface area (Å²) in [5.74, 6) is 0. The highest BCUT2D eigenvalue weighted by Gasteiger charge is 2.05. The Morgan fingerprint density at radius 3 is 2.53 bits per heavy atom. The molecule has 0 unspecified atom stereocenters. The molecule has 0 aliphatic carbocycles. The molecule has 0 saturated heterocycles. The van der Waals surface area contributed by atoms with E-state index < -0.39 is 0 Å². The Bertz CT molecular complexity index is 843. The maximum atomic E-state index is 4.66. The molecule has 0 amide bonds. The van der Waals surface area contributed by atoms with Crippen molar-refractivity contribution in [3.8, 4) is 0 Å². The van der Waals surface area contributed by atoms with Crippen molar-refractivity contribution in [2.45, 2.75) is 0 Å². The van der Waals surface area contributed by atoms with Gasteiger partial charge in [0.1, 0.15) is 0 Å². The van der Waals surface area contributed by atoms with Crippen LogP contribution in [-0.4, -0.2) is 9.61 Å². The Labute approximate surface area is 98.1 Å². The van der Waals surface area contributed by atoms with Crippen LogP contribution in [0.1, 0.15) is 0 Å². The predicted molar refractivity (Wildman–Crippen MR) is 70.2 cm³/mol. The first-order valence-corrected chi connectivity index (χ1v) is 5.69. The van der Waals surface area contributed by atoms with E-state index in [1.165, 1.54) is 16.3 Å². The average Bonchev–Trinajstić information content (AvgIpc) is 2.78. The van der Waals surface area contributed by atoms with Crippen molar-refractivity contribution in [2.24, 2.45) is 0 Å². The van der Waals surface area contributed by atoms with Gasteiger partial charge in [0.2, 0.25) is 0 Å². The van der Waals surface area contributed by atoms with Gasteiger partial charge in [-0.3, -0.25) is 0 Å². The molecule has 0 aliphatic rings. The van der Waals surface area contributed by atoms with Crippen LogP contribution in [-0.2, 0) is 0 Å². The Morgan fingerprint density at radius 1 is 0.706 bits per heavy atom. The first kappa shape index (κ1) is 8.76. The van der Waals surface area contributed by atoms with Crippen LogP contribution < -0.4 is 0 Å². The van der Waals surface area contributed by atoms with Crippen LogP contribution >= 0.6 is 0 Å². The summed E-state index contributed by atoms with van der Waals surface area (Å²) in [4.78, 5) is 0. The van der Waals surface area contributed by atoms with E-state index in [0.29, 0.717) is 0 Å². The van der Waals surface area contributed by atoms with Crippen molar-refractivity contribution in [3.63, 3.8) is 0 Å². The lowest BCUT2D eigenvalue weighted by molar-refractivity contribution is 1.03. The second-order valence-corrected chi connectivity index (χ2v) is 4.21. The highest BCUT2D eigenvalue weighted by molar-refractivity contribution is 5.97. The quantitative estimate of drug-likeness (QED) is 0.440. The zero-order chi connectivity index (χ0) is 11.2. The Kier molecular flexibility index (Phi) is 1.59. The van der Waals surface area contributed by atoms with E-state index in [4.69, 9.17) is 0 Å². The lowest BCUT2D eigenvalue weighted by Gasteiger charge is -2.00. The SMILES string of the molecule is c1ccc2c(c1)ccc1c3ccccc3nn21. The molecule has 0 N–H and O–H groups in total. The molecule has 0 radical (unpaired) electrons.